The first-order valence-electron chi connectivity index (χ1n) is 9.66. The van der Waals surface area contributed by atoms with Gasteiger partial charge in [-0.2, -0.15) is 5.26 Å². The van der Waals surface area contributed by atoms with Crippen LogP contribution < -0.4 is 4.90 Å². The van der Waals surface area contributed by atoms with Crippen molar-refractivity contribution in [3.05, 3.63) is 74.8 Å². The number of hydrogen-bond acceptors (Lipinski definition) is 6. The molecule has 0 bridgehead atoms. The number of nitro groups is 1. The summed E-state index contributed by atoms with van der Waals surface area (Å²) in [5.74, 6) is -0.338. The van der Waals surface area contributed by atoms with Crippen molar-refractivity contribution < 1.29 is 14.5 Å². The number of carbonyl (C=O) groups is 1. The predicted octanol–water partition coefficient (Wildman–Crippen LogP) is 3.38. The second kappa shape index (κ2) is 9.20. The van der Waals surface area contributed by atoms with Crippen LogP contribution in [0, 0.1) is 21.4 Å². The van der Waals surface area contributed by atoms with Crippen LogP contribution in [0.2, 0.25) is 0 Å². The number of esters is 1. The van der Waals surface area contributed by atoms with Crippen molar-refractivity contribution >= 4 is 11.7 Å². The molecule has 29 heavy (non-hydrogen) atoms. The summed E-state index contributed by atoms with van der Waals surface area (Å²) < 4.78 is 5.32. The number of fused-ring (bicyclic) bond motifs is 1. The molecule has 1 aliphatic rings. The van der Waals surface area contributed by atoms with E-state index in [0.29, 0.717) is 37.1 Å². The van der Waals surface area contributed by atoms with E-state index < -0.39 is 6.04 Å². The third-order valence-electron chi connectivity index (χ3n) is 5.04. The molecule has 150 valence electrons. The first-order chi connectivity index (χ1) is 14.0. The van der Waals surface area contributed by atoms with Crippen LogP contribution in [0.4, 0.5) is 5.69 Å². The van der Waals surface area contributed by atoms with Gasteiger partial charge < -0.3 is 9.64 Å². The summed E-state index contributed by atoms with van der Waals surface area (Å²) in [5.41, 5.74) is 3.85. The minimum atomic E-state index is -0.684. The highest BCUT2D eigenvalue weighted by molar-refractivity contribution is 5.89. The highest BCUT2D eigenvalue weighted by Crippen LogP contribution is 2.33. The van der Waals surface area contributed by atoms with E-state index in [0.717, 1.165) is 29.8 Å². The van der Waals surface area contributed by atoms with Gasteiger partial charge in [-0.05, 0) is 42.2 Å². The van der Waals surface area contributed by atoms with Crippen molar-refractivity contribution in [1.29, 1.82) is 5.26 Å². The van der Waals surface area contributed by atoms with Gasteiger partial charge in [0.25, 0.3) is 0 Å². The average molecular weight is 393 g/mol. The molecule has 3 rings (SSSR count). The van der Waals surface area contributed by atoms with Crippen molar-refractivity contribution in [2.24, 2.45) is 0 Å². The van der Waals surface area contributed by atoms with Crippen LogP contribution in [-0.4, -0.2) is 36.6 Å². The Balaban J connectivity index is 1.59. The Hall–Kier alpha value is -3.40. The van der Waals surface area contributed by atoms with Crippen molar-refractivity contribution in [1.82, 2.24) is 0 Å². The summed E-state index contributed by atoms with van der Waals surface area (Å²) in [6, 6.07) is 14.2. The third kappa shape index (κ3) is 4.91. The molecular formula is C22H23N3O4. The van der Waals surface area contributed by atoms with E-state index >= 15 is 0 Å². The van der Waals surface area contributed by atoms with Crippen molar-refractivity contribution in [3.8, 4) is 6.07 Å². The van der Waals surface area contributed by atoms with Gasteiger partial charge in [0.15, 0.2) is 0 Å². The molecule has 2 aromatic rings. The molecule has 1 atom stereocenters. The summed E-state index contributed by atoms with van der Waals surface area (Å²) in [6.45, 7) is 3.33. The molecule has 1 heterocycles. The lowest BCUT2D eigenvalue weighted by Crippen LogP contribution is -2.24. The maximum Gasteiger partial charge on any atom is 0.338 e. The molecule has 7 nitrogen and oxygen atoms in total. The molecule has 0 fully saturated rings. The summed E-state index contributed by atoms with van der Waals surface area (Å²) in [4.78, 5) is 24.7. The molecule has 2 aromatic carbocycles. The minimum absolute atomic E-state index is 0.303. The minimum Gasteiger partial charge on any atom is -0.462 e. The highest BCUT2D eigenvalue weighted by atomic mass is 16.6. The van der Waals surface area contributed by atoms with E-state index in [9.17, 15) is 20.2 Å². The summed E-state index contributed by atoms with van der Waals surface area (Å²) in [6.07, 6.45) is 1.77. The third-order valence-corrected chi connectivity index (χ3v) is 5.04. The van der Waals surface area contributed by atoms with Gasteiger partial charge in [-0.1, -0.05) is 24.3 Å². The standard InChI is InChI=1S/C22H23N3O4/c1-16(25(27)28)12-17-13-19-8-10-24(21(19)20(14-17)15-23)9-5-11-29-22(26)18-6-3-2-4-7-18/h2-4,6-7,13-14,16H,5,8-12H2,1H3/t16-/m0/s1. The molecule has 0 aromatic heterocycles. The zero-order valence-electron chi connectivity index (χ0n) is 16.3. The number of anilines is 1. The van der Waals surface area contributed by atoms with Gasteiger partial charge in [-0.15, -0.1) is 0 Å². The van der Waals surface area contributed by atoms with Crippen LogP contribution in [0.1, 0.15) is 40.4 Å². The zero-order valence-corrected chi connectivity index (χ0v) is 16.3. The van der Waals surface area contributed by atoms with E-state index in [2.05, 4.69) is 11.0 Å². The molecule has 1 aliphatic heterocycles. The number of rotatable bonds is 8. The van der Waals surface area contributed by atoms with Gasteiger partial charge >= 0.3 is 5.97 Å². The van der Waals surface area contributed by atoms with Gasteiger partial charge in [0.1, 0.15) is 6.07 Å². The van der Waals surface area contributed by atoms with Gasteiger partial charge in [-0.3, -0.25) is 10.1 Å². The van der Waals surface area contributed by atoms with Crippen molar-refractivity contribution in [2.45, 2.75) is 32.2 Å². The van der Waals surface area contributed by atoms with Crippen LogP contribution in [0.25, 0.3) is 0 Å². The fourth-order valence-corrected chi connectivity index (χ4v) is 3.61. The Morgan fingerprint density at radius 1 is 1.34 bits per heavy atom. The number of benzene rings is 2. The van der Waals surface area contributed by atoms with E-state index in [4.69, 9.17) is 4.74 Å². The second-order valence-electron chi connectivity index (χ2n) is 7.19. The van der Waals surface area contributed by atoms with E-state index in [-0.39, 0.29) is 10.9 Å². The number of hydrogen-bond donors (Lipinski definition) is 0. The normalized spacial score (nSPS) is 13.4. The lowest BCUT2D eigenvalue weighted by molar-refractivity contribution is -0.517. The Labute approximate surface area is 169 Å². The molecule has 0 radical (unpaired) electrons. The number of carbonyl (C=O) groups excluding carboxylic acids is 1. The SMILES string of the molecule is C[C@@H](Cc1cc(C#N)c2c(c1)CCN2CCCOC(=O)c1ccccc1)[N+](=O)[O-]. The van der Waals surface area contributed by atoms with E-state index in [1.54, 1.807) is 37.3 Å². The molecule has 7 heteroatoms. The molecule has 0 aliphatic carbocycles. The summed E-state index contributed by atoms with van der Waals surface area (Å²) >= 11 is 0. The maximum absolute atomic E-state index is 12.0. The van der Waals surface area contributed by atoms with Gasteiger partial charge in [0.2, 0.25) is 6.04 Å². The fraction of sp³-hybridized carbons (Fsp3) is 0.364. The predicted molar refractivity (Wildman–Crippen MR) is 109 cm³/mol. The Morgan fingerprint density at radius 2 is 2.10 bits per heavy atom. The first-order valence-corrected chi connectivity index (χ1v) is 9.66. The molecule has 0 saturated carbocycles. The van der Waals surface area contributed by atoms with Gasteiger partial charge in [0.05, 0.1) is 23.4 Å². The maximum atomic E-state index is 12.0. The Bertz CT molecular complexity index is 937. The average Bonchev–Trinajstić information content (AvgIpc) is 3.14. The molecule has 0 N–H and O–H groups in total. The van der Waals surface area contributed by atoms with Crippen LogP contribution in [0.15, 0.2) is 42.5 Å². The lowest BCUT2D eigenvalue weighted by atomic mass is 9.99. The monoisotopic (exact) mass is 393 g/mol. The van der Waals surface area contributed by atoms with Crippen molar-refractivity contribution in [3.63, 3.8) is 0 Å². The van der Waals surface area contributed by atoms with E-state index in [1.807, 2.05) is 12.1 Å². The molecule has 0 unspecified atom stereocenters. The topological polar surface area (TPSA) is 96.5 Å². The number of nitriles is 1. The molecule has 0 saturated heterocycles. The Morgan fingerprint density at radius 3 is 2.79 bits per heavy atom. The van der Waals surface area contributed by atoms with Crippen LogP contribution in [0.3, 0.4) is 0 Å². The van der Waals surface area contributed by atoms with Crippen LogP contribution in [0.5, 0.6) is 0 Å². The summed E-state index contributed by atoms with van der Waals surface area (Å²) in [5, 5.41) is 20.5. The fourth-order valence-electron chi connectivity index (χ4n) is 3.61. The lowest BCUT2D eigenvalue weighted by Gasteiger charge is -2.21. The smallest absolute Gasteiger partial charge is 0.338 e. The first kappa shape index (κ1) is 20.3. The van der Waals surface area contributed by atoms with Crippen LogP contribution >= 0.6 is 0 Å². The Kier molecular flexibility index (Phi) is 6.45. The quantitative estimate of drug-likeness (QED) is 0.295. The molecule has 0 spiro atoms. The second-order valence-corrected chi connectivity index (χ2v) is 7.19. The summed E-state index contributed by atoms with van der Waals surface area (Å²) in [7, 11) is 0. The van der Waals surface area contributed by atoms with Crippen LogP contribution in [-0.2, 0) is 17.6 Å². The molecule has 0 amide bonds. The largest absolute Gasteiger partial charge is 0.462 e. The van der Waals surface area contributed by atoms with E-state index in [1.165, 1.54) is 0 Å². The highest BCUT2D eigenvalue weighted by Gasteiger charge is 2.24. The number of nitrogens with zero attached hydrogens (tertiary/aromatic N) is 3. The zero-order chi connectivity index (χ0) is 20.8. The van der Waals surface area contributed by atoms with Crippen molar-refractivity contribution in [2.75, 3.05) is 24.6 Å². The number of ether oxygens (including phenoxy) is 1. The molecular weight excluding hydrogens is 370 g/mol. The van der Waals surface area contributed by atoms with Gasteiger partial charge in [-0.25, -0.2) is 4.79 Å². The van der Waals surface area contributed by atoms with Gasteiger partial charge in [0, 0.05) is 31.4 Å².